The van der Waals surface area contributed by atoms with Gasteiger partial charge < -0.3 is 4.74 Å². The van der Waals surface area contributed by atoms with Crippen molar-refractivity contribution in [2.45, 2.75) is 0 Å². The molecule has 0 heterocycles. The molecule has 0 amide bonds. The number of rotatable bonds is 3. The third kappa shape index (κ3) is 2.73. The molecule has 0 spiro atoms. The third-order valence-electron chi connectivity index (χ3n) is 0.876. The zero-order chi connectivity index (χ0) is 7.98. The van der Waals surface area contributed by atoms with Crippen molar-refractivity contribution in [3.05, 3.63) is 23.6 Å². The first-order valence-electron chi connectivity index (χ1n) is 2.71. The highest BCUT2D eigenvalue weighted by atomic mass is 32.2. The summed E-state index contributed by atoms with van der Waals surface area (Å²) in [7, 11) is 1.36. The first kappa shape index (κ1) is 9.30. The Hall–Kier alpha value is -0.700. The van der Waals surface area contributed by atoms with Gasteiger partial charge in [-0.1, -0.05) is 12.7 Å². The van der Waals surface area contributed by atoms with E-state index in [1.54, 1.807) is 12.2 Å². The number of allylic oxidation sites excluding steroid dienone is 2. The minimum atomic E-state index is -0.313. The van der Waals surface area contributed by atoms with E-state index in [1.807, 2.05) is 6.26 Å². The summed E-state index contributed by atoms with van der Waals surface area (Å²) in [5.74, 6) is -0.313. The SMILES string of the molecule is C=C/C=C(\SC)C(=O)OC. The zero-order valence-electron chi connectivity index (χ0n) is 6.09. The van der Waals surface area contributed by atoms with Gasteiger partial charge in [-0.2, -0.15) is 0 Å². The van der Waals surface area contributed by atoms with E-state index in [0.717, 1.165) is 0 Å². The van der Waals surface area contributed by atoms with Crippen LogP contribution >= 0.6 is 11.8 Å². The summed E-state index contributed by atoms with van der Waals surface area (Å²) in [5.41, 5.74) is 0. The van der Waals surface area contributed by atoms with E-state index in [2.05, 4.69) is 11.3 Å². The summed E-state index contributed by atoms with van der Waals surface area (Å²) in [6.07, 6.45) is 4.99. The average Bonchev–Trinajstić information content (AvgIpc) is 1.99. The summed E-state index contributed by atoms with van der Waals surface area (Å²) >= 11 is 1.34. The molecule has 0 radical (unpaired) electrons. The second-order valence-corrected chi connectivity index (χ2v) is 2.31. The number of carbonyl (C=O) groups is 1. The normalized spacial score (nSPS) is 10.8. The van der Waals surface area contributed by atoms with Gasteiger partial charge in [0.15, 0.2) is 0 Å². The van der Waals surface area contributed by atoms with E-state index in [4.69, 9.17) is 0 Å². The number of thioether (sulfide) groups is 1. The van der Waals surface area contributed by atoms with Crippen molar-refractivity contribution in [1.29, 1.82) is 0 Å². The molecule has 0 saturated carbocycles. The smallest absolute Gasteiger partial charge is 0.344 e. The van der Waals surface area contributed by atoms with Gasteiger partial charge in [0, 0.05) is 0 Å². The van der Waals surface area contributed by atoms with E-state index < -0.39 is 0 Å². The molecule has 0 aliphatic heterocycles. The summed E-state index contributed by atoms with van der Waals surface area (Å²) < 4.78 is 4.48. The highest BCUT2D eigenvalue weighted by molar-refractivity contribution is 8.03. The number of methoxy groups -OCH3 is 1. The maximum absolute atomic E-state index is 10.8. The van der Waals surface area contributed by atoms with E-state index in [-0.39, 0.29) is 5.97 Å². The maximum Gasteiger partial charge on any atom is 0.344 e. The Labute approximate surface area is 64.9 Å². The van der Waals surface area contributed by atoms with Crippen LogP contribution in [0.1, 0.15) is 0 Å². The predicted molar refractivity (Wildman–Crippen MR) is 43.8 cm³/mol. The van der Waals surface area contributed by atoms with Crippen LogP contribution in [0.5, 0.6) is 0 Å². The lowest BCUT2D eigenvalue weighted by molar-refractivity contribution is -0.135. The highest BCUT2D eigenvalue weighted by Crippen LogP contribution is 2.12. The lowest BCUT2D eigenvalue weighted by atomic mass is 10.5. The molecule has 0 atom stereocenters. The summed E-state index contributed by atoms with van der Waals surface area (Å²) in [6.45, 7) is 3.47. The number of carbonyl (C=O) groups excluding carboxylic acids is 1. The van der Waals surface area contributed by atoms with Gasteiger partial charge in [0.05, 0.1) is 12.0 Å². The topological polar surface area (TPSA) is 26.3 Å². The van der Waals surface area contributed by atoms with Crippen LogP contribution in [0.25, 0.3) is 0 Å². The molecule has 0 aromatic carbocycles. The summed E-state index contributed by atoms with van der Waals surface area (Å²) in [6, 6.07) is 0. The second kappa shape index (κ2) is 5.11. The van der Waals surface area contributed by atoms with Gasteiger partial charge in [0.25, 0.3) is 0 Å². The first-order chi connectivity index (χ1) is 4.76. The molecule has 0 saturated heterocycles. The average molecular weight is 158 g/mol. The fraction of sp³-hybridized carbons (Fsp3) is 0.286. The van der Waals surface area contributed by atoms with Crippen LogP contribution in [-0.4, -0.2) is 19.3 Å². The molecule has 0 aromatic heterocycles. The number of esters is 1. The molecule has 0 aliphatic rings. The largest absolute Gasteiger partial charge is 0.465 e. The van der Waals surface area contributed by atoms with Crippen molar-refractivity contribution < 1.29 is 9.53 Å². The molecule has 2 nitrogen and oxygen atoms in total. The Morgan fingerprint density at radius 1 is 1.70 bits per heavy atom. The molecule has 0 unspecified atom stereocenters. The van der Waals surface area contributed by atoms with Crippen LogP contribution < -0.4 is 0 Å². The fourth-order valence-electron chi connectivity index (χ4n) is 0.427. The predicted octanol–water partition coefficient (Wildman–Crippen LogP) is 1.59. The van der Waals surface area contributed by atoms with Crippen LogP contribution in [0, 0.1) is 0 Å². The van der Waals surface area contributed by atoms with Crippen LogP contribution in [-0.2, 0) is 9.53 Å². The Morgan fingerprint density at radius 3 is 2.60 bits per heavy atom. The van der Waals surface area contributed by atoms with Crippen LogP contribution in [0.4, 0.5) is 0 Å². The van der Waals surface area contributed by atoms with Gasteiger partial charge in [-0.05, 0) is 12.3 Å². The minimum absolute atomic E-state index is 0.313. The molecular formula is C7H10O2S. The van der Waals surface area contributed by atoms with E-state index in [1.165, 1.54) is 18.9 Å². The fourth-order valence-corrected chi connectivity index (χ4v) is 0.909. The minimum Gasteiger partial charge on any atom is -0.465 e. The maximum atomic E-state index is 10.8. The van der Waals surface area contributed by atoms with Crippen molar-refractivity contribution in [2.24, 2.45) is 0 Å². The van der Waals surface area contributed by atoms with Crippen molar-refractivity contribution in [3.63, 3.8) is 0 Å². The van der Waals surface area contributed by atoms with Gasteiger partial charge >= 0.3 is 5.97 Å². The number of hydrogen-bond acceptors (Lipinski definition) is 3. The van der Waals surface area contributed by atoms with E-state index in [9.17, 15) is 4.79 Å². The van der Waals surface area contributed by atoms with Gasteiger partial charge in [-0.15, -0.1) is 11.8 Å². The van der Waals surface area contributed by atoms with Crippen molar-refractivity contribution in [2.75, 3.05) is 13.4 Å². The molecule has 0 N–H and O–H groups in total. The summed E-state index contributed by atoms with van der Waals surface area (Å²) in [5, 5.41) is 0. The van der Waals surface area contributed by atoms with Crippen LogP contribution in [0.3, 0.4) is 0 Å². The lowest BCUT2D eigenvalue weighted by Crippen LogP contribution is -2.00. The third-order valence-corrected chi connectivity index (χ3v) is 1.62. The Kier molecular flexibility index (Phi) is 4.76. The molecule has 0 fully saturated rings. The van der Waals surface area contributed by atoms with Gasteiger partial charge in [0.2, 0.25) is 0 Å². The Morgan fingerprint density at radius 2 is 2.30 bits per heavy atom. The monoisotopic (exact) mass is 158 g/mol. The van der Waals surface area contributed by atoms with Crippen LogP contribution in [0.15, 0.2) is 23.6 Å². The van der Waals surface area contributed by atoms with Crippen LogP contribution in [0.2, 0.25) is 0 Å². The van der Waals surface area contributed by atoms with Gasteiger partial charge in [0.1, 0.15) is 0 Å². The molecule has 10 heavy (non-hydrogen) atoms. The highest BCUT2D eigenvalue weighted by Gasteiger charge is 2.04. The number of ether oxygens (including phenoxy) is 1. The molecule has 0 aliphatic carbocycles. The van der Waals surface area contributed by atoms with Crippen molar-refractivity contribution in [3.8, 4) is 0 Å². The standard InChI is InChI=1S/C7H10O2S/c1-4-5-6(10-3)7(8)9-2/h4-5H,1H2,2-3H3/b6-5-. The van der Waals surface area contributed by atoms with Gasteiger partial charge in [-0.25, -0.2) is 4.79 Å². The zero-order valence-corrected chi connectivity index (χ0v) is 6.90. The molecule has 56 valence electrons. The molecule has 3 heteroatoms. The quantitative estimate of drug-likeness (QED) is 0.354. The van der Waals surface area contributed by atoms with E-state index in [0.29, 0.717) is 4.91 Å². The van der Waals surface area contributed by atoms with E-state index >= 15 is 0 Å². The molecule has 0 bridgehead atoms. The van der Waals surface area contributed by atoms with Crippen molar-refractivity contribution >= 4 is 17.7 Å². The molecular weight excluding hydrogens is 148 g/mol. The summed E-state index contributed by atoms with van der Waals surface area (Å²) in [4.78, 5) is 11.3. The first-order valence-corrected chi connectivity index (χ1v) is 3.93. The molecule has 0 rings (SSSR count). The Bertz CT molecular complexity index is 161. The lowest BCUT2D eigenvalue weighted by Gasteiger charge is -1.98. The van der Waals surface area contributed by atoms with Crippen molar-refractivity contribution in [1.82, 2.24) is 0 Å². The number of hydrogen-bond donors (Lipinski definition) is 0. The Balaban J connectivity index is 4.19. The molecule has 0 aromatic rings. The van der Waals surface area contributed by atoms with Gasteiger partial charge in [-0.3, -0.25) is 0 Å². The second-order valence-electron chi connectivity index (χ2n) is 1.46.